The summed E-state index contributed by atoms with van der Waals surface area (Å²) >= 11 is 0. The molecule has 0 bridgehead atoms. The molecule has 24 unspecified atom stereocenters. The minimum Gasteiger partial charge on any atom is -0.458 e. The predicted molar refractivity (Wildman–Crippen MR) is 256 cm³/mol. The highest BCUT2D eigenvalue weighted by Crippen LogP contribution is 2.71. The minimum atomic E-state index is -2.05. The van der Waals surface area contributed by atoms with Crippen LogP contribution in [0.5, 0.6) is 0 Å². The van der Waals surface area contributed by atoms with E-state index in [1.807, 2.05) is 19.9 Å². The summed E-state index contributed by atoms with van der Waals surface area (Å²) < 4.78 is 68.0. The van der Waals surface area contributed by atoms with Gasteiger partial charge < -0.3 is 82.7 Å². The van der Waals surface area contributed by atoms with E-state index >= 15 is 0 Å². The van der Waals surface area contributed by atoms with Gasteiger partial charge in [0, 0.05) is 45.8 Å². The average molecular weight is 1030 g/mol. The van der Waals surface area contributed by atoms with Crippen molar-refractivity contribution in [1.82, 2.24) is 0 Å². The standard InChI is InChI=1S/C54H80O19/c1-27-45(58)37(63-8)24-43(65-27)71-47-29(3)67-42(23-36(47)57)73-48-30(4)68-44(25-38(48)64-9)72-46-28(2)66-41(22-35(46)56)69-34-16-17-50(6)33(21-34)15-18-53(61)39(50)26-40(70-49(59)32-13-11-10-12-14-32)51(7)52(60,31(5)55)19-20-54(51,53)62/h10-15,27-30,34-48,56-58,60-62H,16-26H2,1-9H3. The van der Waals surface area contributed by atoms with Gasteiger partial charge >= 0.3 is 5.97 Å². The zero-order valence-electron chi connectivity index (χ0n) is 43.7. The number of Topliss-reactive ketones (excluding diaryl/α,β-unsaturated/α-hetero) is 1. The maximum absolute atomic E-state index is 13.7. The van der Waals surface area contributed by atoms with Crippen molar-refractivity contribution in [3.63, 3.8) is 0 Å². The fourth-order valence-corrected chi connectivity index (χ4v) is 14.4. The van der Waals surface area contributed by atoms with Crippen molar-refractivity contribution in [3.8, 4) is 0 Å². The number of carbonyl (C=O) groups excluding carboxylic acids is 2. The van der Waals surface area contributed by atoms with Crippen LogP contribution in [0.3, 0.4) is 0 Å². The van der Waals surface area contributed by atoms with Crippen LogP contribution < -0.4 is 0 Å². The Kier molecular flexibility index (Phi) is 15.9. The summed E-state index contributed by atoms with van der Waals surface area (Å²) in [7, 11) is 3.10. The molecule has 7 fully saturated rings. The van der Waals surface area contributed by atoms with E-state index in [2.05, 4.69) is 6.92 Å². The maximum Gasteiger partial charge on any atom is 0.338 e. The first-order chi connectivity index (χ1) is 34.5. The Morgan fingerprint density at radius 2 is 1.19 bits per heavy atom. The van der Waals surface area contributed by atoms with Crippen LogP contribution in [0.25, 0.3) is 0 Å². The molecule has 19 heteroatoms. The van der Waals surface area contributed by atoms with E-state index in [4.69, 9.17) is 52.1 Å². The van der Waals surface area contributed by atoms with Crippen molar-refractivity contribution in [2.24, 2.45) is 16.7 Å². The molecule has 4 heterocycles. The second-order valence-corrected chi connectivity index (χ2v) is 22.8. The van der Waals surface area contributed by atoms with Gasteiger partial charge in [-0.2, -0.15) is 0 Å². The number of fused-ring (bicyclic) bond motifs is 5. The number of carbonyl (C=O) groups is 2. The summed E-state index contributed by atoms with van der Waals surface area (Å²) in [4.78, 5) is 27.0. The van der Waals surface area contributed by atoms with Gasteiger partial charge in [0.15, 0.2) is 30.9 Å². The van der Waals surface area contributed by atoms with E-state index in [0.717, 1.165) is 5.57 Å². The third-order valence-electron chi connectivity index (χ3n) is 18.8. The summed E-state index contributed by atoms with van der Waals surface area (Å²) in [5, 5.41) is 71.1. The van der Waals surface area contributed by atoms with Crippen LogP contribution >= 0.6 is 0 Å². The number of hydrogen-bond acceptors (Lipinski definition) is 19. The van der Waals surface area contributed by atoms with E-state index in [1.165, 1.54) is 14.0 Å². The van der Waals surface area contributed by atoms with E-state index in [0.29, 0.717) is 31.2 Å². The quantitative estimate of drug-likeness (QED) is 0.122. The monoisotopic (exact) mass is 1030 g/mol. The molecule has 0 aromatic heterocycles. The molecule has 0 radical (unpaired) electrons. The highest BCUT2D eigenvalue weighted by atomic mass is 16.8. The third-order valence-corrected chi connectivity index (χ3v) is 18.8. The van der Waals surface area contributed by atoms with Gasteiger partial charge in [0.05, 0.1) is 65.9 Å². The number of aliphatic hydroxyl groups excluding tert-OH is 3. The van der Waals surface area contributed by atoms with Gasteiger partial charge in [0.1, 0.15) is 47.3 Å². The molecular formula is C54H80O19. The fraction of sp³-hybridized carbons (Fsp3) is 0.815. The molecule has 24 atom stereocenters. The van der Waals surface area contributed by atoms with Crippen molar-refractivity contribution < 1.29 is 92.3 Å². The SMILES string of the molecule is COC1CC(OC2C(O)CC(OC3C(C)OC(OC4C(O)CC(OC5CCC6(C)C(=CCC7(O)C6CC(OC(=O)c6ccccc6)C6(C)C(O)(C(C)=O)CCC76O)C5)OC4C)CC3OC)OC2C)OC(C)C1O. The van der Waals surface area contributed by atoms with Crippen LogP contribution in [0, 0.1) is 16.7 Å². The Labute approximate surface area is 428 Å². The Morgan fingerprint density at radius 1 is 0.658 bits per heavy atom. The zero-order chi connectivity index (χ0) is 52.6. The average Bonchev–Trinajstić information content (AvgIpc) is 3.58. The van der Waals surface area contributed by atoms with Crippen LogP contribution in [0.2, 0.25) is 0 Å². The molecule has 410 valence electrons. The molecule has 9 rings (SSSR count). The van der Waals surface area contributed by atoms with Gasteiger partial charge in [-0.15, -0.1) is 0 Å². The smallest absolute Gasteiger partial charge is 0.338 e. The Balaban J connectivity index is 0.795. The van der Waals surface area contributed by atoms with Crippen molar-refractivity contribution in [1.29, 1.82) is 0 Å². The molecule has 8 aliphatic rings. The number of ether oxygens (including phenoxy) is 11. The topological polar surface area (TPSA) is 257 Å². The lowest BCUT2D eigenvalue weighted by atomic mass is 9.42. The van der Waals surface area contributed by atoms with Gasteiger partial charge in [-0.25, -0.2) is 4.79 Å². The van der Waals surface area contributed by atoms with Crippen molar-refractivity contribution in [2.75, 3.05) is 14.2 Å². The second kappa shape index (κ2) is 21.0. The van der Waals surface area contributed by atoms with Gasteiger partial charge in [-0.3, -0.25) is 4.79 Å². The maximum atomic E-state index is 13.7. The number of ketones is 1. The first kappa shape index (κ1) is 55.2. The molecule has 73 heavy (non-hydrogen) atoms. The second-order valence-electron chi connectivity index (χ2n) is 22.8. The molecule has 4 aliphatic heterocycles. The summed E-state index contributed by atoms with van der Waals surface area (Å²) in [6, 6.07) is 8.46. The van der Waals surface area contributed by atoms with Crippen LogP contribution in [-0.2, 0) is 56.9 Å². The Hall–Kier alpha value is -2.54. The Morgan fingerprint density at radius 3 is 1.77 bits per heavy atom. The molecule has 19 nitrogen and oxygen atoms in total. The van der Waals surface area contributed by atoms with Crippen LogP contribution in [-0.4, -0.2) is 184 Å². The van der Waals surface area contributed by atoms with E-state index in [1.54, 1.807) is 58.2 Å². The summed E-state index contributed by atoms with van der Waals surface area (Å²) in [5.74, 6) is -1.80. The molecule has 4 aliphatic carbocycles. The molecule has 0 amide bonds. The molecular weight excluding hydrogens is 953 g/mol. The van der Waals surface area contributed by atoms with E-state index in [9.17, 15) is 40.2 Å². The Bertz CT molecular complexity index is 2120. The largest absolute Gasteiger partial charge is 0.458 e. The normalized spacial score (nSPS) is 50.0. The molecule has 1 aromatic rings. The van der Waals surface area contributed by atoms with Gasteiger partial charge in [-0.1, -0.05) is 36.8 Å². The number of methoxy groups -OCH3 is 2. The summed E-state index contributed by atoms with van der Waals surface area (Å²) in [5.41, 5.74) is -6.83. The lowest BCUT2D eigenvalue weighted by Crippen LogP contribution is -2.78. The van der Waals surface area contributed by atoms with Gasteiger partial charge in [0.2, 0.25) is 0 Å². The summed E-state index contributed by atoms with van der Waals surface area (Å²) in [6.45, 7) is 12.1. The lowest BCUT2D eigenvalue weighted by molar-refractivity contribution is -0.345. The van der Waals surface area contributed by atoms with Crippen LogP contribution in [0.15, 0.2) is 42.0 Å². The number of hydrogen-bond donors (Lipinski definition) is 6. The van der Waals surface area contributed by atoms with Crippen LogP contribution in [0.4, 0.5) is 0 Å². The first-order valence-corrected chi connectivity index (χ1v) is 26.5. The number of rotatable bonds is 13. The highest BCUT2D eigenvalue weighted by molar-refractivity contribution is 5.90. The first-order valence-electron chi connectivity index (χ1n) is 26.5. The van der Waals surface area contributed by atoms with E-state index in [-0.39, 0.29) is 51.0 Å². The highest BCUT2D eigenvalue weighted by Gasteiger charge is 2.81. The predicted octanol–water partition coefficient (Wildman–Crippen LogP) is 3.53. The summed E-state index contributed by atoms with van der Waals surface area (Å²) in [6.07, 6.45) is -7.86. The number of benzene rings is 1. The third kappa shape index (κ3) is 9.60. The zero-order valence-corrected chi connectivity index (χ0v) is 43.7. The molecule has 3 saturated carbocycles. The van der Waals surface area contributed by atoms with E-state index < -0.39 is 150 Å². The van der Waals surface area contributed by atoms with Gasteiger partial charge in [0.25, 0.3) is 0 Å². The molecule has 4 saturated heterocycles. The number of esters is 1. The van der Waals surface area contributed by atoms with Crippen molar-refractivity contribution in [2.45, 2.75) is 247 Å². The number of aliphatic hydroxyl groups is 6. The van der Waals surface area contributed by atoms with Crippen LogP contribution in [0.1, 0.15) is 129 Å². The van der Waals surface area contributed by atoms with Crippen molar-refractivity contribution in [3.05, 3.63) is 47.5 Å². The molecule has 6 N–H and O–H groups in total. The van der Waals surface area contributed by atoms with Crippen molar-refractivity contribution >= 4 is 11.8 Å². The van der Waals surface area contributed by atoms with Gasteiger partial charge in [-0.05, 0) is 104 Å². The fourth-order valence-electron chi connectivity index (χ4n) is 14.4. The minimum absolute atomic E-state index is 0.0599. The molecule has 1 aromatic carbocycles. The molecule has 0 spiro atoms. The lowest BCUT2D eigenvalue weighted by Gasteiger charge is -2.67.